The zero-order valence-electron chi connectivity index (χ0n) is 10.2. The Morgan fingerprint density at radius 3 is 3.12 bits per heavy atom. The molecule has 2 rings (SSSR count). The molecule has 2 heterocycles. The Kier molecular flexibility index (Phi) is 3.78. The monoisotopic (exact) mass is 237 g/mol. The lowest BCUT2D eigenvalue weighted by atomic mass is 9.95. The molecule has 1 aromatic heterocycles. The van der Waals surface area contributed by atoms with Crippen LogP contribution < -0.4 is 0 Å². The number of nitrogens with zero attached hydrogens (tertiary/aromatic N) is 3. The molecule has 1 aromatic rings. The maximum Gasteiger partial charge on any atom is 0.303 e. The van der Waals surface area contributed by atoms with Crippen molar-refractivity contribution in [2.75, 3.05) is 13.1 Å². The number of imidazole rings is 1. The van der Waals surface area contributed by atoms with Crippen LogP contribution in [-0.4, -0.2) is 38.6 Å². The Labute approximate surface area is 101 Å². The standard InChI is InChI=1S/C12H19N3O2/c1-14-9-13-6-11(14)8-15-4-2-3-10(7-15)5-12(16)17/h6,9-10H,2-5,7-8H2,1H3,(H,16,17). The van der Waals surface area contributed by atoms with Gasteiger partial charge < -0.3 is 9.67 Å². The summed E-state index contributed by atoms with van der Waals surface area (Å²) in [4.78, 5) is 17.1. The second-order valence-electron chi connectivity index (χ2n) is 4.84. The van der Waals surface area contributed by atoms with E-state index in [4.69, 9.17) is 5.11 Å². The number of carboxylic acid groups (broad SMARTS) is 1. The molecule has 0 aromatic carbocycles. The van der Waals surface area contributed by atoms with Crippen molar-refractivity contribution in [3.63, 3.8) is 0 Å². The molecule has 5 nitrogen and oxygen atoms in total. The first kappa shape index (κ1) is 12.1. The van der Waals surface area contributed by atoms with Gasteiger partial charge in [-0.1, -0.05) is 0 Å². The van der Waals surface area contributed by atoms with Gasteiger partial charge in [0.05, 0.1) is 12.0 Å². The van der Waals surface area contributed by atoms with Gasteiger partial charge in [0.1, 0.15) is 0 Å². The van der Waals surface area contributed by atoms with Gasteiger partial charge in [-0.05, 0) is 25.3 Å². The summed E-state index contributed by atoms with van der Waals surface area (Å²) in [6, 6.07) is 0. The van der Waals surface area contributed by atoms with Crippen molar-refractivity contribution in [1.82, 2.24) is 14.5 Å². The Bertz CT molecular complexity index is 389. The SMILES string of the molecule is Cn1cncc1CN1CCCC(CC(=O)O)C1. The van der Waals surface area contributed by atoms with Gasteiger partial charge in [0.2, 0.25) is 0 Å². The van der Waals surface area contributed by atoms with E-state index in [1.165, 1.54) is 5.69 Å². The topological polar surface area (TPSA) is 58.4 Å². The average Bonchev–Trinajstić information content (AvgIpc) is 2.64. The van der Waals surface area contributed by atoms with Gasteiger partial charge >= 0.3 is 5.97 Å². The Morgan fingerprint density at radius 2 is 2.47 bits per heavy atom. The number of hydrogen-bond donors (Lipinski definition) is 1. The van der Waals surface area contributed by atoms with E-state index in [1.807, 2.05) is 17.8 Å². The minimum atomic E-state index is -0.683. The van der Waals surface area contributed by atoms with Crippen LogP contribution in [0.25, 0.3) is 0 Å². The van der Waals surface area contributed by atoms with Crippen LogP contribution in [0.2, 0.25) is 0 Å². The molecule has 1 saturated heterocycles. The molecule has 17 heavy (non-hydrogen) atoms. The highest BCUT2D eigenvalue weighted by Gasteiger charge is 2.22. The third kappa shape index (κ3) is 3.30. The molecule has 1 fully saturated rings. The number of rotatable bonds is 4. The van der Waals surface area contributed by atoms with E-state index >= 15 is 0 Å². The molecule has 1 aliphatic heterocycles. The molecular formula is C12H19N3O2. The van der Waals surface area contributed by atoms with Gasteiger partial charge in [-0.15, -0.1) is 0 Å². The van der Waals surface area contributed by atoms with E-state index in [1.54, 1.807) is 6.33 Å². The molecule has 1 atom stereocenters. The fourth-order valence-electron chi connectivity index (χ4n) is 2.47. The number of aromatic nitrogens is 2. The summed E-state index contributed by atoms with van der Waals surface area (Å²) >= 11 is 0. The van der Waals surface area contributed by atoms with E-state index in [0.717, 1.165) is 32.5 Å². The number of likely N-dealkylation sites (tertiary alicyclic amines) is 1. The summed E-state index contributed by atoms with van der Waals surface area (Å²) in [6.45, 7) is 2.81. The number of hydrogen-bond acceptors (Lipinski definition) is 3. The van der Waals surface area contributed by atoms with Gasteiger partial charge in [-0.25, -0.2) is 4.98 Å². The summed E-state index contributed by atoms with van der Waals surface area (Å²) in [7, 11) is 1.99. The van der Waals surface area contributed by atoms with E-state index in [9.17, 15) is 4.79 Å². The number of carboxylic acids is 1. The summed E-state index contributed by atoms with van der Waals surface area (Å²) < 4.78 is 2.01. The summed E-state index contributed by atoms with van der Waals surface area (Å²) in [5.41, 5.74) is 1.18. The van der Waals surface area contributed by atoms with Crippen LogP contribution in [-0.2, 0) is 18.4 Å². The predicted molar refractivity (Wildman–Crippen MR) is 63.5 cm³/mol. The summed E-state index contributed by atoms with van der Waals surface area (Å²) in [5.74, 6) is -0.383. The smallest absolute Gasteiger partial charge is 0.303 e. The highest BCUT2D eigenvalue weighted by molar-refractivity contribution is 5.67. The maximum atomic E-state index is 10.7. The Balaban J connectivity index is 1.89. The van der Waals surface area contributed by atoms with Gasteiger partial charge in [0.15, 0.2) is 0 Å². The second-order valence-corrected chi connectivity index (χ2v) is 4.84. The predicted octanol–water partition coefficient (Wildman–Crippen LogP) is 1.11. The zero-order chi connectivity index (χ0) is 12.3. The minimum absolute atomic E-state index is 0.294. The van der Waals surface area contributed by atoms with E-state index in [0.29, 0.717) is 12.3 Å². The first-order valence-corrected chi connectivity index (χ1v) is 6.04. The molecule has 94 valence electrons. The number of carbonyl (C=O) groups is 1. The van der Waals surface area contributed by atoms with Crippen LogP contribution in [0.3, 0.4) is 0 Å². The third-order valence-corrected chi connectivity index (χ3v) is 3.37. The molecule has 1 aliphatic rings. The van der Waals surface area contributed by atoms with Crippen LogP contribution in [0.4, 0.5) is 0 Å². The fourth-order valence-corrected chi connectivity index (χ4v) is 2.47. The lowest BCUT2D eigenvalue weighted by Gasteiger charge is -2.31. The molecule has 0 saturated carbocycles. The number of aryl methyl sites for hydroxylation is 1. The first-order valence-electron chi connectivity index (χ1n) is 6.04. The lowest BCUT2D eigenvalue weighted by Crippen LogP contribution is -2.36. The van der Waals surface area contributed by atoms with Crippen molar-refractivity contribution in [3.8, 4) is 0 Å². The van der Waals surface area contributed by atoms with Crippen LogP contribution >= 0.6 is 0 Å². The third-order valence-electron chi connectivity index (χ3n) is 3.37. The molecule has 0 bridgehead atoms. The van der Waals surface area contributed by atoms with Gasteiger partial charge in [-0.2, -0.15) is 0 Å². The van der Waals surface area contributed by atoms with Gasteiger partial charge in [-0.3, -0.25) is 9.69 Å². The molecule has 0 aliphatic carbocycles. The molecule has 5 heteroatoms. The zero-order valence-corrected chi connectivity index (χ0v) is 10.2. The van der Waals surface area contributed by atoms with Crippen LogP contribution in [0.15, 0.2) is 12.5 Å². The molecule has 0 radical (unpaired) electrons. The largest absolute Gasteiger partial charge is 0.481 e. The van der Waals surface area contributed by atoms with Crippen molar-refractivity contribution in [1.29, 1.82) is 0 Å². The Morgan fingerprint density at radius 1 is 1.65 bits per heavy atom. The summed E-state index contributed by atoms with van der Waals surface area (Å²) in [5, 5.41) is 8.82. The van der Waals surface area contributed by atoms with Crippen molar-refractivity contribution >= 4 is 5.97 Å². The van der Waals surface area contributed by atoms with Crippen LogP contribution in [0, 0.1) is 5.92 Å². The summed E-state index contributed by atoms with van der Waals surface area (Å²) in [6.07, 6.45) is 6.10. The quantitative estimate of drug-likeness (QED) is 0.852. The normalized spacial score (nSPS) is 21.6. The highest BCUT2D eigenvalue weighted by atomic mass is 16.4. The van der Waals surface area contributed by atoms with E-state index in [-0.39, 0.29) is 0 Å². The Hall–Kier alpha value is -1.36. The minimum Gasteiger partial charge on any atom is -0.481 e. The maximum absolute atomic E-state index is 10.7. The van der Waals surface area contributed by atoms with Crippen LogP contribution in [0.5, 0.6) is 0 Å². The molecule has 0 amide bonds. The number of piperidine rings is 1. The van der Waals surface area contributed by atoms with Gasteiger partial charge in [0.25, 0.3) is 0 Å². The molecule has 1 unspecified atom stereocenters. The number of aliphatic carboxylic acids is 1. The van der Waals surface area contributed by atoms with Crippen molar-refractivity contribution in [3.05, 3.63) is 18.2 Å². The lowest BCUT2D eigenvalue weighted by molar-refractivity contribution is -0.138. The van der Waals surface area contributed by atoms with E-state index in [2.05, 4.69) is 9.88 Å². The van der Waals surface area contributed by atoms with Crippen molar-refractivity contribution in [2.24, 2.45) is 13.0 Å². The van der Waals surface area contributed by atoms with Crippen LogP contribution in [0.1, 0.15) is 25.0 Å². The average molecular weight is 237 g/mol. The first-order chi connectivity index (χ1) is 8.15. The highest BCUT2D eigenvalue weighted by Crippen LogP contribution is 2.20. The molecule has 0 spiro atoms. The molecule has 1 N–H and O–H groups in total. The van der Waals surface area contributed by atoms with Crippen molar-refractivity contribution < 1.29 is 9.90 Å². The second kappa shape index (κ2) is 5.31. The van der Waals surface area contributed by atoms with Crippen molar-refractivity contribution in [2.45, 2.75) is 25.8 Å². The van der Waals surface area contributed by atoms with Gasteiger partial charge in [0, 0.05) is 32.8 Å². The fraction of sp³-hybridized carbons (Fsp3) is 0.667. The molecular weight excluding hydrogens is 218 g/mol. The van der Waals surface area contributed by atoms with E-state index < -0.39 is 5.97 Å².